The Morgan fingerprint density at radius 1 is 1.34 bits per heavy atom. The van der Waals surface area contributed by atoms with Crippen molar-refractivity contribution in [3.63, 3.8) is 0 Å². The van der Waals surface area contributed by atoms with E-state index in [1.165, 1.54) is 5.56 Å². The maximum absolute atomic E-state index is 12.3. The normalized spacial score (nSPS) is 14.9. The van der Waals surface area contributed by atoms with Crippen LogP contribution >= 0.6 is 0 Å². The van der Waals surface area contributed by atoms with Crippen LogP contribution in [0.3, 0.4) is 0 Å². The summed E-state index contributed by atoms with van der Waals surface area (Å²) in [6, 6.07) is 8.03. The molecule has 158 valence electrons. The van der Waals surface area contributed by atoms with Crippen LogP contribution in [0.5, 0.6) is 5.75 Å². The van der Waals surface area contributed by atoms with Crippen molar-refractivity contribution in [1.82, 2.24) is 25.0 Å². The minimum Gasteiger partial charge on any atom is -0.489 e. The number of nitrogens with zero attached hydrogens (tertiary/aromatic N) is 4. The molecule has 29 heavy (non-hydrogen) atoms. The summed E-state index contributed by atoms with van der Waals surface area (Å²) < 4.78 is 9.34. The number of aromatic nitrogens is 3. The zero-order valence-corrected chi connectivity index (χ0v) is 17.6. The van der Waals surface area contributed by atoms with Gasteiger partial charge in [0.1, 0.15) is 17.7 Å². The Bertz CT molecular complexity index is 886. The first kappa shape index (κ1) is 21.0. The quantitative estimate of drug-likeness (QED) is 0.400. The van der Waals surface area contributed by atoms with E-state index in [2.05, 4.69) is 33.7 Å². The van der Waals surface area contributed by atoms with Gasteiger partial charge in [0.25, 0.3) is 0 Å². The lowest BCUT2D eigenvalue weighted by atomic mass is 10.2. The third-order valence-corrected chi connectivity index (χ3v) is 4.98. The molecule has 0 saturated heterocycles. The highest BCUT2D eigenvalue weighted by Gasteiger charge is 2.16. The van der Waals surface area contributed by atoms with E-state index in [1.807, 2.05) is 29.7 Å². The van der Waals surface area contributed by atoms with E-state index in [9.17, 15) is 4.79 Å². The van der Waals surface area contributed by atoms with Crippen LogP contribution in [0, 0.1) is 6.92 Å². The van der Waals surface area contributed by atoms with Crippen LogP contribution in [0.2, 0.25) is 0 Å². The molecule has 0 aliphatic carbocycles. The molecule has 2 N–H and O–H groups in total. The molecule has 1 aromatic carbocycles. The molecule has 8 nitrogen and oxygen atoms in total. The van der Waals surface area contributed by atoms with E-state index in [-0.39, 0.29) is 11.8 Å². The number of hydrogen-bond donors (Lipinski definition) is 2. The standard InChI is InChI=1S/C21H32N6O2/c1-16-8-6-9-18(14-16)29-17(2)15-24-20(22-3)23-11-7-13-27-21(28)26-12-5-4-10-19(26)25-27/h6,8-9,14,17H,4-5,7,10-13,15H2,1-3H3,(H2,22,23,24). The molecule has 0 saturated carbocycles. The molecule has 3 rings (SSSR count). The molecule has 0 radical (unpaired) electrons. The summed E-state index contributed by atoms with van der Waals surface area (Å²) in [6.07, 6.45) is 3.89. The smallest absolute Gasteiger partial charge is 0.345 e. The second kappa shape index (κ2) is 10.1. The average molecular weight is 401 g/mol. The summed E-state index contributed by atoms with van der Waals surface area (Å²) in [7, 11) is 1.75. The molecule has 0 spiro atoms. The molecular weight excluding hydrogens is 368 g/mol. The van der Waals surface area contributed by atoms with Crippen LogP contribution < -0.4 is 21.1 Å². The molecular formula is C21H32N6O2. The Kier molecular flexibility index (Phi) is 7.32. The fourth-order valence-electron chi connectivity index (χ4n) is 3.45. The topological polar surface area (TPSA) is 85.5 Å². The van der Waals surface area contributed by atoms with Gasteiger partial charge in [-0.05, 0) is 50.8 Å². The van der Waals surface area contributed by atoms with Gasteiger partial charge < -0.3 is 15.4 Å². The zero-order chi connectivity index (χ0) is 20.6. The van der Waals surface area contributed by atoms with Crippen LogP contribution in [-0.4, -0.2) is 46.5 Å². The van der Waals surface area contributed by atoms with Gasteiger partial charge in [-0.25, -0.2) is 9.48 Å². The Hall–Kier alpha value is -2.77. The van der Waals surface area contributed by atoms with Crippen LogP contribution in [0.25, 0.3) is 0 Å². The summed E-state index contributed by atoms with van der Waals surface area (Å²) in [5.74, 6) is 2.52. The van der Waals surface area contributed by atoms with Crippen molar-refractivity contribution in [2.45, 2.75) is 58.7 Å². The van der Waals surface area contributed by atoms with Gasteiger partial charge in [-0.3, -0.25) is 9.56 Å². The van der Waals surface area contributed by atoms with Gasteiger partial charge in [0.15, 0.2) is 5.96 Å². The molecule has 0 amide bonds. The van der Waals surface area contributed by atoms with Gasteiger partial charge in [0.2, 0.25) is 0 Å². The molecule has 0 fully saturated rings. The number of benzene rings is 1. The average Bonchev–Trinajstić information content (AvgIpc) is 3.03. The number of aryl methyl sites for hydroxylation is 3. The van der Waals surface area contributed by atoms with E-state index in [0.29, 0.717) is 19.6 Å². The SMILES string of the molecule is CN=C(NCCCn1nc2n(c1=O)CCCC2)NCC(C)Oc1cccc(C)c1. The van der Waals surface area contributed by atoms with E-state index < -0.39 is 0 Å². The van der Waals surface area contributed by atoms with Crippen molar-refractivity contribution < 1.29 is 4.74 Å². The minimum atomic E-state index is 0.00536. The molecule has 1 atom stereocenters. The monoisotopic (exact) mass is 400 g/mol. The first-order valence-corrected chi connectivity index (χ1v) is 10.4. The predicted octanol–water partition coefficient (Wildman–Crippen LogP) is 1.71. The number of nitrogens with one attached hydrogen (secondary N) is 2. The number of guanidine groups is 1. The molecule has 2 heterocycles. The largest absolute Gasteiger partial charge is 0.489 e. The van der Waals surface area contributed by atoms with Gasteiger partial charge >= 0.3 is 5.69 Å². The van der Waals surface area contributed by atoms with E-state index in [4.69, 9.17) is 4.74 Å². The van der Waals surface area contributed by atoms with Crippen molar-refractivity contribution >= 4 is 5.96 Å². The van der Waals surface area contributed by atoms with Crippen molar-refractivity contribution in [1.29, 1.82) is 0 Å². The highest BCUT2D eigenvalue weighted by molar-refractivity contribution is 5.79. The van der Waals surface area contributed by atoms with Gasteiger partial charge in [-0.2, -0.15) is 5.10 Å². The fourth-order valence-corrected chi connectivity index (χ4v) is 3.45. The third kappa shape index (κ3) is 5.85. The first-order chi connectivity index (χ1) is 14.1. The lowest BCUT2D eigenvalue weighted by Gasteiger charge is -2.18. The Morgan fingerprint density at radius 3 is 2.97 bits per heavy atom. The highest BCUT2D eigenvalue weighted by atomic mass is 16.5. The molecule has 2 aromatic rings. The van der Waals surface area contributed by atoms with Crippen LogP contribution in [0.1, 0.15) is 37.6 Å². The molecule has 1 aromatic heterocycles. The molecule has 8 heteroatoms. The maximum atomic E-state index is 12.3. The lowest BCUT2D eigenvalue weighted by Crippen LogP contribution is -2.42. The Balaban J connectivity index is 1.38. The first-order valence-electron chi connectivity index (χ1n) is 10.4. The number of fused-ring (bicyclic) bond motifs is 1. The highest BCUT2D eigenvalue weighted by Crippen LogP contribution is 2.13. The maximum Gasteiger partial charge on any atom is 0.345 e. The summed E-state index contributed by atoms with van der Waals surface area (Å²) in [5, 5.41) is 11.0. The van der Waals surface area contributed by atoms with Gasteiger partial charge in [-0.1, -0.05) is 12.1 Å². The van der Waals surface area contributed by atoms with Crippen molar-refractivity contribution in [2.75, 3.05) is 20.1 Å². The zero-order valence-electron chi connectivity index (χ0n) is 17.6. The van der Waals surface area contributed by atoms with E-state index >= 15 is 0 Å². The van der Waals surface area contributed by atoms with Crippen molar-refractivity contribution in [2.24, 2.45) is 4.99 Å². The number of ether oxygens (including phenoxy) is 1. The third-order valence-electron chi connectivity index (χ3n) is 4.98. The number of aliphatic imine (C=N–C) groups is 1. The number of hydrogen-bond acceptors (Lipinski definition) is 4. The van der Waals surface area contributed by atoms with Crippen molar-refractivity contribution in [3.05, 3.63) is 46.1 Å². The summed E-state index contributed by atoms with van der Waals surface area (Å²) in [4.78, 5) is 16.6. The van der Waals surface area contributed by atoms with Crippen LogP contribution in [0.15, 0.2) is 34.1 Å². The molecule has 1 unspecified atom stereocenters. The van der Waals surface area contributed by atoms with Gasteiger partial charge in [0, 0.05) is 33.1 Å². The Labute approximate surface area is 172 Å². The summed E-state index contributed by atoms with van der Waals surface area (Å²) >= 11 is 0. The van der Waals surface area contributed by atoms with Crippen LogP contribution in [0.4, 0.5) is 0 Å². The van der Waals surface area contributed by atoms with Gasteiger partial charge in [-0.15, -0.1) is 0 Å². The predicted molar refractivity (Wildman–Crippen MR) is 115 cm³/mol. The second-order valence-electron chi connectivity index (χ2n) is 7.51. The van der Waals surface area contributed by atoms with Gasteiger partial charge in [0.05, 0.1) is 6.54 Å². The molecule has 1 aliphatic rings. The van der Waals surface area contributed by atoms with E-state index in [0.717, 1.165) is 49.8 Å². The molecule has 0 bridgehead atoms. The number of rotatable bonds is 8. The van der Waals surface area contributed by atoms with E-state index in [1.54, 1.807) is 11.7 Å². The Morgan fingerprint density at radius 2 is 2.21 bits per heavy atom. The second-order valence-corrected chi connectivity index (χ2v) is 7.51. The fraction of sp³-hybridized carbons (Fsp3) is 0.571. The molecule has 1 aliphatic heterocycles. The minimum absolute atomic E-state index is 0.00536. The summed E-state index contributed by atoms with van der Waals surface area (Å²) in [5.41, 5.74) is 1.20. The summed E-state index contributed by atoms with van der Waals surface area (Å²) in [6.45, 7) is 6.83. The lowest BCUT2D eigenvalue weighted by molar-refractivity contribution is 0.223. The van der Waals surface area contributed by atoms with Crippen LogP contribution in [-0.2, 0) is 19.5 Å². The van der Waals surface area contributed by atoms with Crippen molar-refractivity contribution in [3.8, 4) is 5.75 Å².